The second-order valence-electron chi connectivity index (χ2n) is 4.26. The lowest BCUT2D eigenvalue weighted by molar-refractivity contribution is 0.560. The zero-order valence-electron chi connectivity index (χ0n) is 10.2. The molecule has 0 amide bonds. The van der Waals surface area contributed by atoms with Crippen LogP contribution in [0.25, 0.3) is 0 Å². The minimum absolute atomic E-state index is 0.0358. The number of hydrazine groups is 1. The van der Waals surface area contributed by atoms with Crippen LogP contribution in [-0.2, 0) is 6.42 Å². The van der Waals surface area contributed by atoms with Gasteiger partial charge in [0, 0.05) is 14.9 Å². The van der Waals surface area contributed by atoms with E-state index in [0.29, 0.717) is 10.0 Å². The van der Waals surface area contributed by atoms with E-state index in [1.54, 1.807) is 17.4 Å². The Bertz CT molecular complexity index is 567. The summed E-state index contributed by atoms with van der Waals surface area (Å²) in [6, 6.07) is 7.69. The van der Waals surface area contributed by atoms with Crippen molar-refractivity contribution >= 4 is 50.5 Å². The second kappa shape index (κ2) is 6.57. The normalized spacial score (nSPS) is 12.7. The van der Waals surface area contributed by atoms with Crippen LogP contribution in [0.15, 0.2) is 28.1 Å². The van der Waals surface area contributed by atoms with Crippen molar-refractivity contribution in [3.05, 3.63) is 54.1 Å². The smallest absolute Gasteiger partial charge is 0.0731 e. The summed E-state index contributed by atoms with van der Waals surface area (Å²) in [5, 5.41) is 1.31. The first-order chi connectivity index (χ1) is 9.01. The molecule has 1 aromatic carbocycles. The van der Waals surface area contributed by atoms with Crippen LogP contribution in [-0.4, -0.2) is 0 Å². The summed E-state index contributed by atoms with van der Waals surface area (Å²) in [6.45, 7) is 2.06. The molecule has 2 nitrogen and oxygen atoms in total. The molecule has 1 unspecified atom stereocenters. The maximum absolute atomic E-state index is 6.20. The molecule has 19 heavy (non-hydrogen) atoms. The average molecular weight is 380 g/mol. The van der Waals surface area contributed by atoms with Gasteiger partial charge in [0.25, 0.3) is 0 Å². The van der Waals surface area contributed by atoms with Gasteiger partial charge >= 0.3 is 0 Å². The van der Waals surface area contributed by atoms with Crippen LogP contribution in [0.2, 0.25) is 10.0 Å². The fourth-order valence-corrected chi connectivity index (χ4v) is 3.92. The van der Waals surface area contributed by atoms with Gasteiger partial charge in [0.15, 0.2) is 0 Å². The number of hydrogen-bond acceptors (Lipinski definition) is 3. The number of halogens is 3. The van der Waals surface area contributed by atoms with Gasteiger partial charge in [0.05, 0.1) is 9.83 Å². The van der Waals surface area contributed by atoms with Gasteiger partial charge in [-0.1, -0.05) is 29.3 Å². The van der Waals surface area contributed by atoms with Crippen molar-refractivity contribution in [3.8, 4) is 0 Å². The minimum atomic E-state index is 0.0358. The summed E-state index contributed by atoms with van der Waals surface area (Å²) in [4.78, 5) is 1.18. The molecule has 3 N–H and O–H groups in total. The van der Waals surface area contributed by atoms with Crippen molar-refractivity contribution in [1.82, 2.24) is 5.43 Å². The fraction of sp³-hybridized carbons (Fsp3) is 0.231. The third kappa shape index (κ3) is 3.72. The number of nitrogens with one attached hydrogen (secondary N) is 1. The first-order valence-electron chi connectivity index (χ1n) is 5.67. The Morgan fingerprint density at radius 2 is 2.11 bits per heavy atom. The maximum atomic E-state index is 6.20. The van der Waals surface area contributed by atoms with Gasteiger partial charge in [0.1, 0.15) is 0 Å². The minimum Gasteiger partial charge on any atom is -0.271 e. The van der Waals surface area contributed by atoms with Crippen molar-refractivity contribution in [2.24, 2.45) is 5.84 Å². The molecule has 0 aliphatic carbocycles. The van der Waals surface area contributed by atoms with E-state index in [1.165, 1.54) is 10.4 Å². The molecule has 6 heteroatoms. The van der Waals surface area contributed by atoms with E-state index in [9.17, 15) is 0 Å². The lowest BCUT2D eigenvalue weighted by Crippen LogP contribution is -2.29. The lowest BCUT2D eigenvalue weighted by atomic mass is 10.0. The van der Waals surface area contributed by atoms with Crippen molar-refractivity contribution in [2.45, 2.75) is 19.4 Å². The summed E-state index contributed by atoms with van der Waals surface area (Å²) < 4.78 is 1.13. The molecule has 0 spiro atoms. The monoisotopic (exact) mass is 378 g/mol. The highest BCUT2D eigenvalue weighted by molar-refractivity contribution is 9.11. The van der Waals surface area contributed by atoms with E-state index in [0.717, 1.165) is 15.8 Å². The van der Waals surface area contributed by atoms with Crippen LogP contribution in [0.4, 0.5) is 0 Å². The number of hydrogen-bond donors (Lipinski definition) is 2. The summed E-state index contributed by atoms with van der Waals surface area (Å²) in [5.74, 6) is 5.66. The first kappa shape index (κ1) is 15.3. The Morgan fingerprint density at radius 1 is 1.37 bits per heavy atom. The topological polar surface area (TPSA) is 38.0 Å². The van der Waals surface area contributed by atoms with E-state index in [2.05, 4.69) is 34.3 Å². The zero-order chi connectivity index (χ0) is 14.0. The van der Waals surface area contributed by atoms with Gasteiger partial charge < -0.3 is 0 Å². The highest BCUT2D eigenvalue weighted by Gasteiger charge is 2.16. The molecule has 1 aromatic heterocycles. The van der Waals surface area contributed by atoms with Crippen LogP contribution in [0.3, 0.4) is 0 Å². The van der Waals surface area contributed by atoms with Gasteiger partial charge in [-0.25, -0.2) is 0 Å². The maximum Gasteiger partial charge on any atom is 0.0731 e. The Morgan fingerprint density at radius 3 is 2.63 bits per heavy atom. The quantitative estimate of drug-likeness (QED) is 0.587. The summed E-state index contributed by atoms with van der Waals surface area (Å²) in [7, 11) is 0. The number of thiophene rings is 1. The Balaban J connectivity index is 2.23. The third-order valence-electron chi connectivity index (χ3n) is 2.86. The molecule has 1 atom stereocenters. The highest BCUT2D eigenvalue weighted by Crippen LogP contribution is 2.33. The number of nitrogens with two attached hydrogens (primary N) is 1. The predicted molar refractivity (Wildman–Crippen MR) is 87.0 cm³/mol. The Hall–Kier alpha value is -0.100. The molecule has 0 fully saturated rings. The number of rotatable bonds is 4. The van der Waals surface area contributed by atoms with Gasteiger partial charge in [0.2, 0.25) is 0 Å². The van der Waals surface area contributed by atoms with Crippen LogP contribution in [0.1, 0.15) is 22.0 Å². The van der Waals surface area contributed by atoms with E-state index in [-0.39, 0.29) is 6.04 Å². The van der Waals surface area contributed by atoms with E-state index < -0.39 is 0 Å². The number of benzene rings is 1. The standard InChI is InChI=1S/C13H13BrCl2N2S/c1-7-4-12(19-13(7)14)11(18-17)5-8-2-3-9(15)6-10(8)16/h2-4,6,11,18H,5,17H2,1H3. The molecule has 102 valence electrons. The van der Waals surface area contributed by atoms with Gasteiger partial charge in [-0.15, -0.1) is 11.3 Å². The SMILES string of the molecule is Cc1cc(C(Cc2ccc(Cl)cc2Cl)NN)sc1Br. The fourth-order valence-electron chi connectivity index (χ4n) is 1.80. The molecular weight excluding hydrogens is 367 g/mol. The molecular formula is C13H13BrCl2N2S. The molecule has 0 saturated heterocycles. The predicted octanol–water partition coefficient (Wildman–Crippen LogP) is 4.87. The van der Waals surface area contributed by atoms with E-state index in [1.807, 2.05) is 12.1 Å². The van der Waals surface area contributed by atoms with Gasteiger partial charge in [-0.05, 0) is 58.6 Å². The van der Waals surface area contributed by atoms with Crippen molar-refractivity contribution < 1.29 is 0 Å². The van der Waals surface area contributed by atoms with Crippen LogP contribution in [0, 0.1) is 6.92 Å². The molecule has 1 heterocycles. The van der Waals surface area contributed by atoms with Crippen LogP contribution < -0.4 is 11.3 Å². The average Bonchev–Trinajstić information content (AvgIpc) is 2.68. The van der Waals surface area contributed by atoms with Crippen molar-refractivity contribution in [2.75, 3.05) is 0 Å². The van der Waals surface area contributed by atoms with E-state index in [4.69, 9.17) is 29.0 Å². The largest absolute Gasteiger partial charge is 0.271 e. The molecule has 0 bridgehead atoms. The van der Waals surface area contributed by atoms with Crippen LogP contribution in [0.5, 0.6) is 0 Å². The zero-order valence-corrected chi connectivity index (χ0v) is 14.1. The third-order valence-corrected chi connectivity index (χ3v) is 5.70. The highest BCUT2D eigenvalue weighted by atomic mass is 79.9. The molecule has 0 aliphatic heterocycles. The molecule has 0 aliphatic rings. The summed E-state index contributed by atoms with van der Waals surface area (Å²) in [6.07, 6.45) is 0.721. The number of aryl methyl sites for hydroxylation is 1. The molecule has 0 saturated carbocycles. The van der Waals surface area contributed by atoms with Crippen molar-refractivity contribution in [1.29, 1.82) is 0 Å². The first-order valence-corrected chi connectivity index (χ1v) is 8.03. The van der Waals surface area contributed by atoms with Gasteiger partial charge in [-0.2, -0.15) is 0 Å². The summed E-state index contributed by atoms with van der Waals surface area (Å²) >= 11 is 17.3. The molecule has 0 radical (unpaired) electrons. The van der Waals surface area contributed by atoms with Crippen LogP contribution >= 0.6 is 50.5 Å². The molecule has 2 rings (SSSR count). The second-order valence-corrected chi connectivity index (χ2v) is 7.51. The Kier molecular flexibility index (Phi) is 5.29. The summed E-state index contributed by atoms with van der Waals surface area (Å²) in [5.41, 5.74) is 5.08. The van der Waals surface area contributed by atoms with Crippen molar-refractivity contribution in [3.63, 3.8) is 0 Å². The van der Waals surface area contributed by atoms with E-state index >= 15 is 0 Å². The van der Waals surface area contributed by atoms with Gasteiger partial charge in [-0.3, -0.25) is 11.3 Å². The Labute approximate surface area is 135 Å². The lowest BCUT2D eigenvalue weighted by Gasteiger charge is -2.15. The molecule has 2 aromatic rings.